The number of esters is 1. The first-order valence-electron chi connectivity index (χ1n) is 9.61. The first kappa shape index (κ1) is 23.7. The number of rotatable bonds is 8. The topological polar surface area (TPSA) is 111 Å². The van der Waals surface area contributed by atoms with Gasteiger partial charge in [0.25, 0.3) is 0 Å². The lowest BCUT2D eigenvalue weighted by molar-refractivity contribution is -0.142. The normalized spacial score (nSPS) is 14.0. The Labute approximate surface area is 182 Å². The largest absolute Gasteiger partial charge is 0.468 e. The molecule has 1 aliphatic rings. The molecule has 1 aliphatic carbocycles. The number of carbonyl (C=O) groups excluding carboxylic acids is 2. The zero-order valence-corrected chi connectivity index (χ0v) is 17.6. The first-order valence-corrected chi connectivity index (χ1v) is 9.61. The van der Waals surface area contributed by atoms with Gasteiger partial charge in [-0.2, -0.15) is 0 Å². The fraction of sp³-hybridized carbons (Fsp3) is 0.364. The van der Waals surface area contributed by atoms with Crippen LogP contribution in [0.1, 0.15) is 29.9 Å². The highest BCUT2D eigenvalue weighted by Gasteiger charge is 2.29. The SMILES string of the molecule is COC(=O)[C@@H](N)CC[C@@H](O)CNC(=O)OCC1c2ccccc2-c2ccccc21.Cl. The zero-order chi connectivity index (χ0) is 20.8. The number of halogens is 1. The number of ether oxygens (including phenoxy) is 2. The summed E-state index contributed by atoms with van der Waals surface area (Å²) in [6, 6.07) is 15.4. The van der Waals surface area contributed by atoms with Gasteiger partial charge < -0.3 is 25.6 Å². The number of fused-ring (bicyclic) bond motifs is 3. The van der Waals surface area contributed by atoms with Crippen molar-refractivity contribution in [3.63, 3.8) is 0 Å². The number of nitrogens with two attached hydrogens (primary N) is 1. The number of amides is 1. The molecule has 4 N–H and O–H groups in total. The van der Waals surface area contributed by atoms with E-state index in [-0.39, 0.29) is 44.3 Å². The van der Waals surface area contributed by atoms with Crippen molar-refractivity contribution in [1.82, 2.24) is 5.32 Å². The Morgan fingerprint density at radius 3 is 2.20 bits per heavy atom. The van der Waals surface area contributed by atoms with Crippen LogP contribution in [0.3, 0.4) is 0 Å². The molecule has 8 heteroatoms. The second-order valence-corrected chi connectivity index (χ2v) is 7.07. The number of hydrogen-bond acceptors (Lipinski definition) is 6. The van der Waals surface area contributed by atoms with Crippen molar-refractivity contribution < 1.29 is 24.2 Å². The molecule has 1 amide bonds. The monoisotopic (exact) mass is 434 g/mol. The van der Waals surface area contributed by atoms with Gasteiger partial charge in [-0.3, -0.25) is 4.79 Å². The van der Waals surface area contributed by atoms with Gasteiger partial charge in [-0.05, 0) is 35.1 Å². The van der Waals surface area contributed by atoms with E-state index in [1.807, 2.05) is 24.3 Å². The first-order chi connectivity index (χ1) is 14.0. The maximum atomic E-state index is 12.1. The summed E-state index contributed by atoms with van der Waals surface area (Å²) in [6.45, 7) is 0.230. The number of methoxy groups -OCH3 is 1. The van der Waals surface area contributed by atoms with E-state index in [1.165, 1.54) is 7.11 Å². The Balaban J connectivity index is 0.00000320. The summed E-state index contributed by atoms with van der Waals surface area (Å²) < 4.78 is 9.95. The number of aliphatic hydroxyl groups excluding tert-OH is 1. The smallest absolute Gasteiger partial charge is 0.407 e. The molecular weight excluding hydrogens is 408 g/mol. The number of carbonyl (C=O) groups is 2. The highest BCUT2D eigenvalue weighted by Crippen LogP contribution is 2.44. The highest BCUT2D eigenvalue weighted by atomic mass is 35.5. The van der Waals surface area contributed by atoms with Gasteiger partial charge in [0.05, 0.1) is 13.2 Å². The lowest BCUT2D eigenvalue weighted by Crippen LogP contribution is -2.36. The Hall–Kier alpha value is -2.61. The average molecular weight is 435 g/mol. The minimum absolute atomic E-state index is 0. The summed E-state index contributed by atoms with van der Waals surface area (Å²) in [5, 5.41) is 12.5. The van der Waals surface area contributed by atoms with Crippen LogP contribution in [-0.4, -0.2) is 49.6 Å². The van der Waals surface area contributed by atoms with Crippen molar-refractivity contribution in [3.05, 3.63) is 59.7 Å². The van der Waals surface area contributed by atoms with Crippen molar-refractivity contribution in [2.75, 3.05) is 20.3 Å². The van der Waals surface area contributed by atoms with Crippen LogP contribution >= 0.6 is 12.4 Å². The second kappa shape index (κ2) is 11.0. The summed E-state index contributed by atoms with van der Waals surface area (Å²) >= 11 is 0. The molecule has 7 nitrogen and oxygen atoms in total. The third-order valence-corrected chi connectivity index (χ3v) is 5.14. The van der Waals surface area contributed by atoms with Gasteiger partial charge in [-0.15, -0.1) is 12.4 Å². The molecule has 2 atom stereocenters. The maximum absolute atomic E-state index is 12.1. The fourth-order valence-corrected chi connectivity index (χ4v) is 3.59. The number of aliphatic hydroxyl groups is 1. The van der Waals surface area contributed by atoms with Crippen molar-refractivity contribution >= 4 is 24.5 Å². The van der Waals surface area contributed by atoms with Gasteiger partial charge in [-0.1, -0.05) is 48.5 Å². The van der Waals surface area contributed by atoms with E-state index in [0.717, 1.165) is 22.3 Å². The quantitative estimate of drug-likeness (QED) is 0.551. The minimum atomic E-state index is -0.828. The molecule has 0 aliphatic heterocycles. The molecule has 2 aromatic rings. The van der Waals surface area contributed by atoms with Gasteiger partial charge in [0.15, 0.2) is 0 Å². The molecule has 0 spiro atoms. The standard InChI is InChI=1S/C22H26N2O5.ClH/c1-28-21(26)20(23)11-10-14(25)12-24-22(27)29-13-19-17-8-4-2-6-15(17)16-7-3-5-9-18(16)19;/h2-9,14,19-20,25H,10-13,23H2,1H3,(H,24,27);1H/t14-,20+;/m1./s1. The van der Waals surface area contributed by atoms with E-state index in [4.69, 9.17) is 10.5 Å². The molecule has 30 heavy (non-hydrogen) atoms. The van der Waals surface area contributed by atoms with Crippen LogP contribution in [0.2, 0.25) is 0 Å². The van der Waals surface area contributed by atoms with E-state index < -0.39 is 24.2 Å². The van der Waals surface area contributed by atoms with Crippen LogP contribution in [0.15, 0.2) is 48.5 Å². The predicted octanol–water partition coefficient (Wildman–Crippen LogP) is 2.59. The van der Waals surface area contributed by atoms with Crippen LogP contribution in [0, 0.1) is 0 Å². The molecule has 2 aromatic carbocycles. The van der Waals surface area contributed by atoms with Crippen LogP contribution in [0.4, 0.5) is 4.79 Å². The van der Waals surface area contributed by atoms with Gasteiger partial charge in [0, 0.05) is 12.5 Å². The Kier molecular flexibility index (Phi) is 8.65. The lowest BCUT2D eigenvalue weighted by Gasteiger charge is -2.16. The van der Waals surface area contributed by atoms with Crippen molar-refractivity contribution in [3.8, 4) is 11.1 Å². The molecule has 0 saturated heterocycles. The van der Waals surface area contributed by atoms with E-state index in [1.54, 1.807) is 0 Å². The second-order valence-electron chi connectivity index (χ2n) is 7.07. The predicted molar refractivity (Wildman–Crippen MR) is 116 cm³/mol. The molecule has 0 saturated carbocycles. The number of nitrogens with one attached hydrogen (secondary N) is 1. The molecule has 0 radical (unpaired) electrons. The summed E-state index contributed by atoms with van der Waals surface area (Å²) in [4.78, 5) is 23.3. The lowest BCUT2D eigenvalue weighted by atomic mass is 9.98. The van der Waals surface area contributed by atoms with Crippen molar-refractivity contribution in [1.29, 1.82) is 0 Å². The number of alkyl carbamates (subject to hydrolysis) is 1. The van der Waals surface area contributed by atoms with Gasteiger partial charge in [-0.25, -0.2) is 4.79 Å². The molecule has 3 rings (SSSR count). The molecular formula is C22H27ClN2O5. The van der Waals surface area contributed by atoms with E-state index >= 15 is 0 Å². The molecule has 0 unspecified atom stereocenters. The Morgan fingerprint density at radius 1 is 1.07 bits per heavy atom. The Bertz CT molecular complexity index is 831. The van der Waals surface area contributed by atoms with Gasteiger partial charge in [0.1, 0.15) is 12.6 Å². The zero-order valence-electron chi connectivity index (χ0n) is 16.7. The summed E-state index contributed by atoms with van der Waals surface area (Å²) in [5.41, 5.74) is 10.2. The van der Waals surface area contributed by atoms with E-state index in [9.17, 15) is 14.7 Å². The molecule has 0 heterocycles. The van der Waals surface area contributed by atoms with Crippen LogP contribution in [0.25, 0.3) is 11.1 Å². The number of hydrogen-bond donors (Lipinski definition) is 3. The van der Waals surface area contributed by atoms with Gasteiger partial charge >= 0.3 is 12.1 Å². The highest BCUT2D eigenvalue weighted by molar-refractivity contribution is 5.85. The molecule has 0 aromatic heterocycles. The maximum Gasteiger partial charge on any atom is 0.407 e. The summed E-state index contributed by atoms with van der Waals surface area (Å²) in [7, 11) is 1.26. The van der Waals surface area contributed by atoms with Crippen LogP contribution in [-0.2, 0) is 14.3 Å². The van der Waals surface area contributed by atoms with Crippen LogP contribution < -0.4 is 11.1 Å². The fourth-order valence-electron chi connectivity index (χ4n) is 3.59. The summed E-state index contributed by atoms with van der Waals surface area (Å²) in [5.74, 6) is -0.544. The Morgan fingerprint density at radius 2 is 1.63 bits per heavy atom. The van der Waals surface area contributed by atoms with E-state index in [2.05, 4.69) is 34.3 Å². The minimum Gasteiger partial charge on any atom is -0.468 e. The third kappa shape index (κ3) is 5.50. The van der Waals surface area contributed by atoms with Crippen molar-refractivity contribution in [2.24, 2.45) is 5.73 Å². The molecule has 162 valence electrons. The van der Waals surface area contributed by atoms with Gasteiger partial charge in [0.2, 0.25) is 0 Å². The van der Waals surface area contributed by atoms with Crippen molar-refractivity contribution in [2.45, 2.75) is 30.9 Å². The third-order valence-electron chi connectivity index (χ3n) is 5.14. The van der Waals surface area contributed by atoms with Crippen LogP contribution in [0.5, 0.6) is 0 Å². The molecule has 0 fully saturated rings. The molecule has 0 bridgehead atoms. The van der Waals surface area contributed by atoms with E-state index in [0.29, 0.717) is 0 Å². The average Bonchev–Trinajstić information content (AvgIpc) is 3.07. The number of benzene rings is 2. The summed E-state index contributed by atoms with van der Waals surface area (Å²) in [6.07, 6.45) is -0.894.